The first-order valence-electron chi connectivity index (χ1n) is 3.64. The van der Waals surface area contributed by atoms with Crippen molar-refractivity contribution in [1.29, 1.82) is 0 Å². The zero-order valence-electron chi connectivity index (χ0n) is 6.72. The topological polar surface area (TPSA) is 29.3 Å². The second kappa shape index (κ2) is 4.77. The first kappa shape index (κ1) is 8.92. The predicted molar refractivity (Wildman–Crippen MR) is 41.2 cm³/mol. The van der Waals surface area contributed by atoms with Gasteiger partial charge in [0, 0.05) is 0 Å². The summed E-state index contributed by atoms with van der Waals surface area (Å²) < 4.78 is 0. The van der Waals surface area contributed by atoms with Gasteiger partial charge in [0.2, 0.25) is 0 Å². The number of hydrogen-bond donors (Lipinski definition) is 1. The lowest BCUT2D eigenvalue weighted by Gasteiger charge is -2.19. The van der Waals surface area contributed by atoms with Crippen LogP contribution in [0.2, 0.25) is 0 Å². The molecule has 0 amide bonds. The van der Waals surface area contributed by atoms with E-state index in [0.29, 0.717) is 0 Å². The normalized spacial score (nSPS) is 14.3. The van der Waals surface area contributed by atoms with Crippen LogP contribution in [0, 0.1) is 0 Å². The fraction of sp³-hybridized carbons (Fsp3) is 1.00. The minimum atomic E-state index is 0.205. The van der Waals surface area contributed by atoms with Crippen LogP contribution in [-0.2, 0) is 0 Å². The van der Waals surface area contributed by atoms with Crippen molar-refractivity contribution in [3.8, 4) is 0 Å². The summed E-state index contributed by atoms with van der Waals surface area (Å²) in [6.45, 7) is 5.32. The van der Waals surface area contributed by atoms with Gasteiger partial charge in [-0.1, -0.05) is 13.3 Å². The molecule has 9 heavy (non-hydrogen) atoms. The molecule has 0 heterocycles. The van der Waals surface area contributed by atoms with E-state index in [4.69, 9.17) is 5.73 Å². The van der Waals surface area contributed by atoms with Crippen LogP contribution in [0.25, 0.3) is 0 Å². The largest absolute Gasteiger partial charge is 0.316 e. The Hall–Kier alpha value is -0.0800. The molecule has 0 aromatic carbocycles. The van der Waals surface area contributed by atoms with Gasteiger partial charge in [0.15, 0.2) is 0 Å². The van der Waals surface area contributed by atoms with E-state index >= 15 is 0 Å². The molecule has 1 atom stereocenters. The molecule has 0 fully saturated rings. The molecule has 0 bridgehead atoms. The quantitative estimate of drug-likeness (QED) is 0.576. The van der Waals surface area contributed by atoms with Crippen LogP contribution in [0.3, 0.4) is 0 Å². The zero-order valence-corrected chi connectivity index (χ0v) is 6.72. The highest BCUT2D eigenvalue weighted by molar-refractivity contribution is 4.53. The molecule has 0 radical (unpaired) electrons. The maximum atomic E-state index is 5.60. The maximum Gasteiger partial charge on any atom is 0.0540 e. The van der Waals surface area contributed by atoms with E-state index in [2.05, 4.69) is 18.9 Å². The first-order valence-corrected chi connectivity index (χ1v) is 3.64. The Morgan fingerprint density at radius 3 is 2.44 bits per heavy atom. The van der Waals surface area contributed by atoms with E-state index in [-0.39, 0.29) is 6.17 Å². The fourth-order valence-electron chi connectivity index (χ4n) is 0.611. The summed E-state index contributed by atoms with van der Waals surface area (Å²) in [5.41, 5.74) is 5.60. The maximum absolute atomic E-state index is 5.60. The molecule has 0 spiro atoms. The van der Waals surface area contributed by atoms with Crippen molar-refractivity contribution in [1.82, 2.24) is 4.90 Å². The van der Waals surface area contributed by atoms with Gasteiger partial charge < -0.3 is 5.73 Å². The molecule has 2 N–H and O–H groups in total. The van der Waals surface area contributed by atoms with Crippen molar-refractivity contribution < 1.29 is 0 Å². The Kier molecular flexibility index (Phi) is 4.72. The van der Waals surface area contributed by atoms with Crippen LogP contribution < -0.4 is 5.73 Å². The van der Waals surface area contributed by atoms with Crippen LogP contribution in [0.1, 0.15) is 26.7 Å². The zero-order chi connectivity index (χ0) is 7.28. The lowest BCUT2D eigenvalue weighted by Crippen LogP contribution is -2.36. The summed E-state index contributed by atoms with van der Waals surface area (Å²) in [4.78, 5) is 2.16. The lowest BCUT2D eigenvalue weighted by atomic mass is 10.3. The van der Waals surface area contributed by atoms with Gasteiger partial charge in [0.1, 0.15) is 0 Å². The van der Waals surface area contributed by atoms with Crippen LogP contribution in [0.15, 0.2) is 0 Å². The average molecular weight is 130 g/mol. The highest BCUT2D eigenvalue weighted by Crippen LogP contribution is 1.92. The van der Waals surface area contributed by atoms with Crippen molar-refractivity contribution in [2.24, 2.45) is 5.73 Å². The van der Waals surface area contributed by atoms with Crippen LogP contribution in [0.5, 0.6) is 0 Å². The first-order chi connectivity index (χ1) is 4.18. The number of nitrogens with zero attached hydrogens (tertiary/aromatic N) is 1. The Morgan fingerprint density at radius 1 is 1.56 bits per heavy atom. The van der Waals surface area contributed by atoms with Crippen LogP contribution in [0.4, 0.5) is 0 Å². The standard InChI is InChI=1S/C7H18N2/c1-4-5-6-9(3)7(2)8/h7H,4-6,8H2,1-3H3. The highest BCUT2D eigenvalue weighted by atomic mass is 15.2. The van der Waals surface area contributed by atoms with Crippen molar-refractivity contribution >= 4 is 0 Å². The van der Waals surface area contributed by atoms with E-state index in [1.807, 2.05) is 6.92 Å². The summed E-state index contributed by atoms with van der Waals surface area (Å²) >= 11 is 0. The van der Waals surface area contributed by atoms with Gasteiger partial charge in [0.05, 0.1) is 6.17 Å². The van der Waals surface area contributed by atoms with Crippen molar-refractivity contribution in [3.63, 3.8) is 0 Å². The average Bonchev–Trinajstić information content (AvgIpc) is 1.82. The third kappa shape index (κ3) is 4.43. The summed E-state index contributed by atoms with van der Waals surface area (Å²) in [7, 11) is 2.06. The second-order valence-corrected chi connectivity index (χ2v) is 2.57. The van der Waals surface area contributed by atoms with E-state index < -0.39 is 0 Å². The van der Waals surface area contributed by atoms with Gasteiger partial charge in [-0.2, -0.15) is 0 Å². The van der Waals surface area contributed by atoms with Crippen molar-refractivity contribution in [3.05, 3.63) is 0 Å². The Labute approximate surface area is 58.0 Å². The molecule has 2 nitrogen and oxygen atoms in total. The number of hydrogen-bond acceptors (Lipinski definition) is 2. The number of nitrogens with two attached hydrogens (primary N) is 1. The molecule has 0 aromatic rings. The molecule has 0 rings (SSSR count). The summed E-state index contributed by atoms with van der Waals surface area (Å²) in [6, 6.07) is 0. The summed E-state index contributed by atoms with van der Waals surface area (Å²) in [5, 5.41) is 0. The number of unbranched alkanes of at least 4 members (excludes halogenated alkanes) is 1. The third-order valence-electron chi connectivity index (χ3n) is 1.56. The fourth-order valence-corrected chi connectivity index (χ4v) is 0.611. The molecular weight excluding hydrogens is 112 g/mol. The Morgan fingerprint density at radius 2 is 2.11 bits per heavy atom. The summed E-state index contributed by atoms with van der Waals surface area (Å²) in [6.07, 6.45) is 2.70. The molecule has 0 saturated carbocycles. The van der Waals surface area contributed by atoms with Gasteiger partial charge in [-0.3, -0.25) is 4.90 Å². The molecular formula is C7H18N2. The molecule has 0 aliphatic rings. The van der Waals surface area contributed by atoms with E-state index in [0.717, 1.165) is 6.54 Å². The van der Waals surface area contributed by atoms with Gasteiger partial charge in [-0.05, 0) is 26.9 Å². The Balaban J connectivity index is 3.16. The van der Waals surface area contributed by atoms with E-state index in [1.165, 1.54) is 12.8 Å². The molecule has 0 aromatic heterocycles. The molecule has 1 unspecified atom stereocenters. The molecule has 0 saturated heterocycles. The minimum absolute atomic E-state index is 0.205. The monoisotopic (exact) mass is 130 g/mol. The molecule has 2 heteroatoms. The predicted octanol–water partition coefficient (Wildman–Crippen LogP) is 1.02. The smallest absolute Gasteiger partial charge is 0.0540 e. The Bertz CT molecular complexity index is 61.9. The van der Waals surface area contributed by atoms with Gasteiger partial charge in [0.25, 0.3) is 0 Å². The van der Waals surface area contributed by atoms with E-state index in [1.54, 1.807) is 0 Å². The van der Waals surface area contributed by atoms with E-state index in [9.17, 15) is 0 Å². The molecule has 56 valence electrons. The van der Waals surface area contributed by atoms with Gasteiger partial charge >= 0.3 is 0 Å². The highest BCUT2D eigenvalue weighted by Gasteiger charge is 1.99. The second-order valence-electron chi connectivity index (χ2n) is 2.57. The molecule has 0 aliphatic heterocycles. The number of rotatable bonds is 4. The minimum Gasteiger partial charge on any atom is -0.316 e. The van der Waals surface area contributed by atoms with Gasteiger partial charge in [-0.15, -0.1) is 0 Å². The van der Waals surface area contributed by atoms with Crippen molar-refractivity contribution in [2.75, 3.05) is 13.6 Å². The van der Waals surface area contributed by atoms with Crippen molar-refractivity contribution in [2.45, 2.75) is 32.9 Å². The third-order valence-corrected chi connectivity index (χ3v) is 1.56. The summed E-state index contributed by atoms with van der Waals surface area (Å²) in [5.74, 6) is 0. The van der Waals surface area contributed by atoms with Crippen LogP contribution >= 0.6 is 0 Å². The molecule has 0 aliphatic carbocycles. The SMILES string of the molecule is CCCCN(C)C(C)N. The lowest BCUT2D eigenvalue weighted by molar-refractivity contribution is 0.259. The van der Waals surface area contributed by atoms with Gasteiger partial charge in [-0.25, -0.2) is 0 Å². The van der Waals surface area contributed by atoms with Crippen LogP contribution in [-0.4, -0.2) is 24.7 Å².